The minimum Gasteiger partial charge on any atom is -0.394 e. The normalized spacial score (nSPS) is 13.9. The molecule has 0 bridgehead atoms. The Kier molecular flexibility index (Phi) is 4.45. The summed E-state index contributed by atoms with van der Waals surface area (Å²) in [5.41, 5.74) is 0.743. The molecular weight excluding hydrogens is 218 g/mol. The molecule has 0 aromatic carbocycles. The van der Waals surface area contributed by atoms with Crippen LogP contribution in [0.15, 0.2) is 18.3 Å². The van der Waals surface area contributed by atoms with Gasteiger partial charge in [-0.2, -0.15) is 0 Å². The number of aliphatic hydroxyl groups excluding tert-OH is 1. The van der Waals surface area contributed by atoms with Gasteiger partial charge in [-0.3, -0.25) is 9.78 Å². The maximum absolute atomic E-state index is 11.4. The molecule has 0 radical (unpaired) electrons. The molecule has 0 aliphatic heterocycles. The van der Waals surface area contributed by atoms with E-state index in [4.69, 9.17) is 0 Å². The molecule has 0 saturated heterocycles. The summed E-state index contributed by atoms with van der Waals surface area (Å²) < 4.78 is 0. The second-order valence-electron chi connectivity index (χ2n) is 4.21. The number of hydrogen-bond acceptors (Lipinski definition) is 4. The number of carbonyl (C=O) groups excluding carboxylic acids is 1. The first kappa shape index (κ1) is 13.4. The molecule has 5 nitrogen and oxygen atoms in total. The van der Waals surface area contributed by atoms with E-state index in [1.165, 1.54) is 0 Å². The third-order valence-electron chi connectivity index (χ3n) is 2.80. The van der Waals surface area contributed by atoms with Crippen molar-refractivity contribution < 1.29 is 9.90 Å². The number of hydrogen-bond donors (Lipinski definition) is 3. The molecule has 1 aromatic rings. The number of aliphatic hydroxyl groups is 1. The zero-order chi connectivity index (χ0) is 12.9. The largest absolute Gasteiger partial charge is 0.394 e. The average molecular weight is 237 g/mol. The van der Waals surface area contributed by atoms with Crippen LogP contribution in [-0.2, 0) is 0 Å². The molecule has 5 heteroatoms. The molecule has 17 heavy (non-hydrogen) atoms. The average Bonchev–Trinajstić information content (AvgIpc) is 2.38. The Labute approximate surface area is 101 Å². The van der Waals surface area contributed by atoms with Crippen molar-refractivity contribution in [3.63, 3.8) is 0 Å². The van der Waals surface area contributed by atoms with Crippen molar-refractivity contribution in [1.82, 2.24) is 10.3 Å². The second-order valence-corrected chi connectivity index (χ2v) is 4.21. The quantitative estimate of drug-likeness (QED) is 0.714. The second kappa shape index (κ2) is 5.63. The summed E-state index contributed by atoms with van der Waals surface area (Å²) in [6.07, 6.45) is 2.35. The summed E-state index contributed by atoms with van der Waals surface area (Å²) in [5.74, 6) is -0.226. The van der Waals surface area contributed by atoms with E-state index in [2.05, 4.69) is 15.6 Å². The Bertz CT molecular complexity index is 389. The Hall–Kier alpha value is -1.62. The molecule has 1 aromatic heterocycles. The molecule has 1 atom stereocenters. The molecule has 0 spiro atoms. The van der Waals surface area contributed by atoms with Gasteiger partial charge in [0.2, 0.25) is 0 Å². The topological polar surface area (TPSA) is 74.2 Å². The predicted molar refractivity (Wildman–Crippen MR) is 67.0 cm³/mol. The maximum atomic E-state index is 11.4. The van der Waals surface area contributed by atoms with E-state index in [1.807, 2.05) is 13.8 Å². The minimum atomic E-state index is -0.388. The number of nitrogens with zero attached hydrogens (tertiary/aromatic N) is 1. The lowest BCUT2D eigenvalue weighted by atomic mass is 10.00. The molecule has 0 aliphatic rings. The monoisotopic (exact) mass is 237 g/mol. The summed E-state index contributed by atoms with van der Waals surface area (Å²) in [5, 5.41) is 15.0. The van der Waals surface area contributed by atoms with Crippen LogP contribution in [0, 0.1) is 0 Å². The number of carbonyl (C=O) groups is 1. The van der Waals surface area contributed by atoms with E-state index in [9.17, 15) is 9.90 Å². The van der Waals surface area contributed by atoms with Crippen LogP contribution in [0.3, 0.4) is 0 Å². The van der Waals surface area contributed by atoms with Gasteiger partial charge in [-0.15, -0.1) is 0 Å². The first-order valence-electron chi connectivity index (χ1n) is 5.62. The van der Waals surface area contributed by atoms with Crippen molar-refractivity contribution >= 4 is 11.6 Å². The van der Waals surface area contributed by atoms with Crippen molar-refractivity contribution in [1.29, 1.82) is 0 Å². The highest BCUT2D eigenvalue weighted by Gasteiger charge is 2.20. The van der Waals surface area contributed by atoms with E-state index in [-0.39, 0.29) is 18.1 Å². The van der Waals surface area contributed by atoms with Gasteiger partial charge in [0.15, 0.2) is 0 Å². The van der Waals surface area contributed by atoms with Crippen LogP contribution < -0.4 is 10.6 Å². The Morgan fingerprint density at radius 2 is 2.29 bits per heavy atom. The van der Waals surface area contributed by atoms with Crippen molar-refractivity contribution in [2.24, 2.45) is 0 Å². The summed E-state index contributed by atoms with van der Waals surface area (Å²) in [4.78, 5) is 15.4. The lowest BCUT2D eigenvalue weighted by Crippen LogP contribution is -2.38. The Morgan fingerprint density at radius 1 is 1.59 bits per heavy atom. The first-order chi connectivity index (χ1) is 8.04. The molecule has 0 saturated carbocycles. The molecular formula is C12H19N3O2. The van der Waals surface area contributed by atoms with Gasteiger partial charge in [0.25, 0.3) is 5.91 Å². The predicted octanol–water partition coefficient (Wildman–Crippen LogP) is 1.01. The van der Waals surface area contributed by atoms with Gasteiger partial charge in [0.05, 0.1) is 12.1 Å². The molecule has 3 N–H and O–H groups in total. The molecule has 1 unspecified atom stereocenters. The van der Waals surface area contributed by atoms with E-state index < -0.39 is 0 Å². The van der Waals surface area contributed by atoms with Crippen LogP contribution >= 0.6 is 0 Å². The van der Waals surface area contributed by atoms with E-state index in [0.29, 0.717) is 5.69 Å². The van der Waals surface area contributed by atoms with Gasteiger partial charge in [-0.1, -0.05) is 6.92 Å². The molecule has 1 rings (SSSR count). The fourth-order valence-electron chi connectivity index (χ4n) is 1.35. The lowest BCUT2D eigenvalue weighted by molar-refractivity contribution is 0.0958. The SMILES string of the molecule is CCC(C)(CO)Nc1ccnc(C(=O)NC)c1. The van der Waals surface area contributed by atoms with Crippen LogP contribution in [0.4, 0.5) is 5.69 Å². The fourth-order valence-corrected chi connectivity index (χ4v) is 1.35. The lowest BCUT2D eigenvalue weighted by Gasteiger charge is -2.28. The third kappa shape index (κ3) is 3.42. The fraction of sp³-hybridized carbons (Fsp3) is 0.500. The van der Waals surface area contributed by atoms with Gasteiger partial charge >= 0.3 is 0 Å². The van der Waals surface area contributed by atoms with E-state index in [0.717, 1.165) is 12.1 Å². The number of nitrogens with one attached hydrogen (secondary N) is 2. The smallest absolute Gasteiger partial charge is 0.269 e. The Balaban J connectivity index is 2.89. The highest BCUT2D eigenvalue weighted by Crippen LogP contribution is 2.18. The highest BCUT2D eigenvalue weighted by molar-refractivity contribution is 5.92. The van der Waals surface area contributed by atoms with Crippen molar-refractivity contribution in [2.45, 2.75) is 25.8 Å². The zero-order valence-corrected chi connectivity index (χ0v) is 10.4. The summed E-state index contributed by atoms with van der Waals surface area (Å²) >= 11 is 0. The third-order valence-corrected chi connectivity index (χ3v) is 2.80. The van der Waals surface area contributed by atoms with Gasteiger partial charge in [0.1, 0.15) is 5.69 Å². The number of rotatable bonds is 5. The number of amides is 1. The van der Waals surface area contributed by atoms with Crippen LogP contribution in [0.1, 0.15) is 30.8 Å². The molecule has 94 valence electrons. The van der Waals surface area contributed by atoms with Crippen molar-refractivity contribution in [2.75, 3.05) is 19.0 Å². The van der Waals surface area contributed by atoms with Crippen LogP contribution in [0.2, 0.25) is 0 Å². The summed E-state index contributed by atoms with van der Waals surface area (Å²) in [7, 11) is 1.56. The number of anilines is 1. The van der Waals surface area contributed by atoms with Crippen LogP contribution in [0.5, 0.6) is 0 Å². The number of aromatic nitrogens is 1. The van der Waals surface area contributed by atoms with Crippen molar-refractivity contribution in [3.8, 4) is 0 Å². The molecule has 0 fully saturated rings. The standard InChI is InChI=1S/C12H19N3O2/c1-4-12(2,8-16)15-9-5-6-14-10(7-9)11(17)13-3/h5-7,16H,4,8H2,1-3H3,(H,13,17)(H,14,15). The van der Waals surface area contributed by atoms with Crippen LogP contribution in [-0.4, -0.2) is 35.2 Å². The van der Waals surface area contributed by atoms with E-state index in [1.54, 1.807) is 25.4 Å². The zero-order valence-electron chi connectivity index (χ0n) is 10.4. The summed E-state index contributed by atoms with van der Waals surface area (Å²) in [6.45, 7) is 3.94. The van der Waals surface area contributed by atoms with Gasteiger partial charge < -0.3 is 15.7 Å². The minimum absolute atomic E-state index is 0.0289. The van der Waals surface area contributed by atoms with Gasteiger partial charge in [-0.25, -0.2) is 0 Å². The molecule has 0 aliphatic carbocycles. The highest BCUT2D eigenvalue weighted by atomic mass is 16.3. The molecule has 1 amide bonds. The molecule has 1 heterocycles. The first-order valence-corrected chi connectivity index (χ1v) is 5.62. The van der Waals surface area contributed by atoms with Crippen molar-refractivity contribution in [3.05, 3.63) is 24.0 Å². The summed E-state index contributed by atoms with van der Waals surface area (Å²) in [6, 6.07) is 3.44. The maximum Gasteiger partial charge on any atom is 0.269 e. The van der Waals surface area contributed by atoms with Gasteiger partial charge in [0, 0.05) is 18.9 Å². The van der Waals surface area contributed by atoms with Gasteiger partial charge in [-0.05, 0) is 25.5 Å². The van der Waals surface area contributed by atoms with E-state index >= 15 is 0 Å². The van der Waals surface area contributed by atoms with Crippen LogP contribution in [0.25, 0.3) is 0 Å². The number of pyridine rings is 1. The Morgan fingerprint density at radius 3 is 2.82 bits per heavy atom.